The van der Waals surface area contributed by atoms with Crippen LogP contribution in [-0.4, -0.2) is 34.0 Å². The lowest BCUT2D eigenvalue weighted by atomic mass is 10.2. The molecule has 0 aromatic heterocycles. The van der Waals surface area contributed by atoms with Crippen LogP contribution in [-0.2, 0) is 14.8 Å². The number of hydrogen-bond donors (Lipinski definition) is 1. The number of aryl methyl sites for hydroxylation is 2. The first kappa shape index (κ1) is 22.4. The molecule has 0 atom stereocenters. The fourth-order valence-corrected chi connectivity index (χ4v) is 4.55. The van der Waals surface area contributed by atoms with E-state index in [9.17, 15) is 13.2 Å². The Labute approximate surface area is 183 Å². The highest BCUT2D eigenvalue weighted by molar-refractivity contribution is 7.92. The molecule has 0 heterocycles. The molecule has 0 aliphatic rings. The van der Waals surface area contributed by atoms with Crippen molar-refractivity contribution in [2.45, 2.75) is 18.7 Å². The minimum Gasteiger partial charge on any atom is -0.492 e. The van der Waals surface area contributed by atoms with Crippen molar-refractivity contribution in [1.82, 2.24) is 5.32 Å². The number of para-hydroxylation sites is 1. The number of anilines is 1. The maximum absolute atomic E-state index is 13.3. The molecule has 0 spiro atoms. The minimum atomic E-state index is -3.91. The molecule has 0 fully saturated rings. The highest BCUT2D eigenvalue weighted by Gasteiger charge is 2.27. The summed E-state index contributed by atoms with van der Waals surface area (Å²) in [7, 11) is -3.91. The fourth-order valence-electron chi connectivity index (χ4n) is 3.04. The third-order valence-electron chi connectivity index (χ3n) is 4.72. The summed E-state index contributed by atoms with van der Waals surface area (Å²) in [5.41, 5.74) is 2.37. The lowest BCUT2D eigenvalue weighted by molar-refractivity contribution is -0.119. The van der Waals surface area contributed by atoms with Crippen molar-refractivity contribution < 1.29 is 17.9 Å². The second-order valence-electron chi connectivity index (χ2n) is 7.12. The minimum absolute atomic E-state index is 0.133. The molecule has 1 amide bonds. The maximum Gasteiger partial charge on any atom is 0.264 e. The average molecular weight is 439 g/mol. The number of nitrogens with one attached hydrogen (secondary N) is 1. The van der Waals surface area contributed by atoms with Crippen LogP contribution in [0.15, 0.2) is 83.8 Å². The van der Waals surface area contributed by atoms with Crippen molar-refractivity contribution in [2.75, 3.05) is 24.0 Å². The van der Waals surface area contributed by atoms with E-state index >= 15 is 0 Å². The first-order valence-corrected chi connectivity index (χ1v) is 11.4. The number of nitrogens with zero attached hydrogens (tertiary/aromatic N) is 1. The summed E-state index contributed by atoms with van der Waals surface area (Å²) in [5, 5.41) is 2.74. The smallest absolute Gasteiger partial charge is 0.264 e. The van der Waals surface area contributed by atoms with Gasteiger partial charge < -0.3 is 10.1 Å². The van der Waals surface area contributed by atoms with Gasteiger partial charge in [0.15, 0.2) is 0 Å². The number of sulfonamides is 1. The van der Waals surface area contributed by atoms with E-state index in [1.165, 1.54) is 12.1 Å². The molecular weight excluding hydrogens is 412 g/mol. The molecule has 31 heavy (non-hydrogen) atoms. The molecule has 6 nitrogen and oxygen atoms in total. The first-order valence-electron chi connectivity index (χ1n) is 9.97. The molecule has 162 valence electrons. The highest BCUT2D eigenvalue weighted by atomic mass is 32.2. The summed E-state index contributed by atoms with van der Waals surface area (Å²) in [5.74, 6) is 0.309. The first-order chi connectivity index (χ1) is 14.9. The van der Waals surface area contributed by atoms with Gasteiger partial charge >= 0.3 is 0 Å². The zero-order valence-corrected chi connectivity index (χ0v) is 18.4. The van der Waals surface area contributed by atoms with E-state index in [1.54, 1.807) is 30.3 Å². The second-order valence-corrected chi connectivity index (χ2v) is 8.98. The van der Waals surface area contributed by atoms with Crippen LogP contribution in [0.25, 0.3) is 0 Å². The third-order valence-corrected chi connectivity index (χ3v) is 6.49. The van der Waals surface area contributed by atoms with E-state index in [0.29, 0.717) is 11.4 Å². The van der Waals surface area contributed by atoms with Gasteiger partial charge in [-0.05, 0) is 49.7 Å². The van der Waals surface area contributed by atoms with Gasteiger partial charge in [0, 0.05) is 0 Å². The Kier molecular flexibility index (Phi) is 7.31. The van der Waals surface area contributed by atoms with Crippen molar-refractivity contribution in [3.8, 4) is 5.75 Å². The molecular formula is C24H26N2O4S. The molecule has 0 bridgehead atoms. The van der Waals surface area contributed by atoms with Crippen molar-refractivity contribution in [2.24, 2.45) is 0 Å². The summed E-state index contributed by atoms with van der Waals surface area (Å²) in [4.78, 5) is 12.7. The number of rotatable bonds is 9. The molecule has 7 heteroatoms. The van der Waals surface area contributed by atoms with Gasteiger partial charge in [0.25, 0.3) is 10.0 Å². The fraction of sp³-hybridized carbons (Fsp3) is 0.208. The Morgan fingerprint density at radius 2 is 1.55 bits per heavy atom. The summed E-state index contributed by atoms with van der Waals surface area (Å²) in [6.07, 6.45) is 0. The number of hydrogen-bond acceptors (Lipinski definition) is 4. The van der Waals surface area contributed by atoms with Gasteiger partial charge in [-0.25, -0.2) is 8.42 Å². The Hall–Kier alpha value is -3.32. The molecule has 0 unspecified atom stereocenters. The van der Waals surface area contributed by atoms with Crippen molar-refractivity contribution >= 4 is 21.6 Å². The predicted molar refractivity (Wildman–Crippen MR) is 122 cm³/mol. The number of benzene rings is 3. The highest BCUT2D eigenvalue weighted by Crippen LogP contribution is 2.26. The Balaban J connectivity index is 1.69. The second kappa shape index (κ2) is 10.1. The van der Waals surface area contributed by atoms with Crippen LogP contribution in [0, 0.1) is 13.8 Å². The van der Waals surface area contributed by atoms with E-state index in [1.807, 2.05) is 50.2 Å². The number of ether oxygens (including phenoxy) is 1. The van der Waals surface area contributed by atoms with Crippen LogP contribution in [0.4, 0.5) is 5.69 Å². The molecule has 3 rings (SSSR count). The van der Waals surface area contributed by atoms with Gasteiger partial charge in [0.05, 0.1) is 17.1 Å². The molecule has 3 aromatic rings. The van der Waals surface area contributed by atoms with Crippen molar-refractivity contribution in [1.29, 1.82) is 0 Å². The normalized spacial score (nSPS) is 11.0. The lowest BCUT2D eigenvalue weighted by Crippen LogP contribution is -2.42. The zero-order valence-electron chi connectivity index (χ0n) is 17.6. The van der Waals surface area contributed by atoms with Gasteiger partial charge in [-0.1, -0.05) is 54.1 Å². The quantitative estimate of drug-likeness (QED) is 0.517. The standard InChI is InChI=1S/C24H26N2O4S/c1-19-12-14-21(15-13-19)30-17-16-25-24(27)18-26(23-11-7-6-8-20(23)2)31(28,29)22-9-4-3-5-10-22/h3-15H,16-18H2,1-2H3,(H,25,27). The number of carbonyl (C=O) groups is 1. The van der Waals surface area contributed by atoms with Crippen LogP contribution in [0.2, 0.25) is 0 Å². The Morgan fingerprint density at radius 1 is 0.903 bits per heavy atom. The molecule has 0 radical (unpaired) electrons. The molecule has 3 aromatic carbocycles. The maximum atomic E-state index is 13.3. The monoisotopic (exact) mass is 438 g/mol. The van der Waals surface area contributed by atoms with E-state index < -0.39 is 15.9 Å². The van der Waals surface area contributed by atoms with Crippen LogP contribution >= 0.6 is 0 Å². The SMILES string of the molecule is Cc1ccc(OCCNC(=O)CN(c2ccccc2C)S(=O)(=O)c2ccccc2)cc1. The Morgan fingerprint density at radius 3 is 2.23 bits per heavy atom. The Bertz CT molecular complexity index is 1110. The summed E-state index contributed by atoms with van der Waals surface area (Å²) in [6, 6.07) is 22.8. The largest absolute Gasteiger partial charge is 0.492 e. The number of carbonyl (C=O) groups excluding carboxylic acids is 1. The molecule has 0 saturated carbocycles. The van der Waals surface area contributed by atoms with Crippen molar-refractivity contribution in [3.05, 3.63) is 90.0 Å². The van der Waals surface area contributed by atoms with Crippen LogP contribution < -0.4 is 14.4 Å². The van der Waals surface area contributed by atoms with E-state index in [2.05, 4.69) is 5.32 Å². The van der Waals surface area contributed by atoms with Gasteiger partial charge in [-0.3, -0.25) is 9.10 Å². The van der Waals surface area contributed by atoms with Gasteiger partial charge in [0.1, 0.15) is 18.9 Å². The van der Waals surface area contributed by atoms with Gasteiger partial charge in [0.2, 0.25) is 5.91 Å². The summed E-state index contributed by atoms with van der Waals surface area (Å²) >= 11 is 0. The number of amides is 1. The average Bonchev–Trinajstić information content (AvgIpc) is 2.77. The van der Waals surface area contributed by atoms with Crippen molar-refractivity contribution in [3.63, 3.8) is 0 Å². The molecule has 0 saturated heterocycles. The van der Waals surface area contributed by atoms with Crippen LogP contribution in [0.1, 0.15) is 11.1 Å². The predicted octanol–water partition coefficient (Wildman–Crippen LogP) is 3.69. The summed E-state index contributed by atoms with van der Waals surface area (Å²) in [6.45, 7) is 4.03. The van der Waals surface area contributed by atoms with Crippen LogP contribution in [0.5, 0.6) is 5.75 Å². The lowest BCUT2D eigenvalue weighted by Gasteiger charge is -2.25. The molecule has 1 N–H and O–H groups in total. The summed E-state index contributed by atoms with van der Waals surface area (Å²) < 4.78 is 33.3. The molecule has 0 aliphatic heterocycles. The zero-order chi connectivity index (χ0) is 22.3. The third kappa shape index (κ3) is 5.86. The molecule has 0 aliphatic carbocycles. The van der Waals surface area contributed by atoms with E-state index in [-0.39, 0.29) is 24.6 Å². The van der Waals surface area contributed by atoms with Crippen LogP contribution in [0.3, 0.4) is 0 Å². The van der Waals surface area contributed by atoms with Gasteiger partial charge in [-0.2, -0.15) is 0 Å². The van der Waals surface area contributed by atoms with E-state index in [0.717, 1.165) is 15.4 Å². The van der Waals surface area contributed by atoms with Gasteiger partial charge in [-0.15, -0.1) is 0 Å². The van der Waals surface area contributed by atoms with E-state index in [4.69, 9.17) is 4.74 Å². The topological polar surface area (TPSA) is 75.7 Å².